The highest BCUT2D eigenvalue weighted by molar-refractivity contribution is 5.97. The Morgan fingerprint density at radius 2 is 2.13 bits per heavy atom. The summed E-state index contributed by atoms with van der Waals surface area (Å²) >= 11 is 0. The van der Waals surface area contributed by atoms with Gasteiger partial charge in [-0.2, -0.15) is 0 Å². The van der Waals surface area contributed by atoms with Crippen LogP contribution in [-0.2, 0) is 6.54 Å². The highest BCUT2D eigenvalue weighted by Gasteiger charge is 2.31. The van der Waals surface area contributed by atoms with E-state index in [1.54, 1.807) is 7.11 Å². The Morgan fingerprint density at radius 1 is 1.30 bits per heavy atom. The number of rotatable bonds is 5. The first kappa shape index (κ1) is 19.9. The molecular weight excluding hydrogens is 384 g/mol. The van der Waals surface area contributed by atoms with Crippen LogP contribution in [0.5, 0.6) is 5.75 Å². The van der Waals surface area contributed by atoms with E-state index in [0.29, 0.717) is 24.3 Å². The number of H-pyrrole nitrogens is 1. The van der Waals surface area contributed by atoms with Gasteiger partial charge in [0.05, 0.1) is 24.1 Å². The molecule has 1 aliphatic rings. The molecule has 156 valence electrons. The minimum Gasteiger partial charge on any atom is -0.497 e. The fourth-order valence-electron chi connectivity index (χ4n) is 4.09. The van der Waals surface area contributed by atoms with Crippen molar-refractivity contribution in [2.45, 2.75) is 38.8 Å². The molecule has 3 aromatic rings. The number of aromatic amines is 1. The summed E-state index contributed by atoms with van der Waals surface area (Å²) < 4.78 is 6.75. The van der Waals surface area contributed by atoms with Crippen LogP contribution in [-0.4, -0.2) is 39.0 Å². The van der Waals surface area contributed by atoms with Crippen molar-refractivity contribution < 1.29 is 9.53 Å². The Balaban J connectivity index is 1.72. The fraction of sp³-hybridized carbons (Fsp3) is 0.364. The second-order valence-corrected chi connectivity index (χ2v) is 7.44. The van der Waals surface area contributed by atoms with Gasteiger partial charge in [0.1, 0.15) is 11.4 Å². The molecule has 0 spiro atoms. The smallest absolute Gasteiger partial charge is 0.329 e. The van der Waals surface area contributed by atoms with E-state index in [-0.39, 0.29) is 17.3 Å². The maximum atomic E-state index is 13.3. The number of nitrogens with zero attached hydrogens (tertiary/aromatic N) is 3. The van der Waals surface area contributed by atoms with Crippen molar-refractivity contribution in [3.8, 4) is 5.75 Å². The predicted molar refractivity (Wildman–Crippen MR) is 113 cm³/mol. The van der Waals surface area contributed by atoms with Crippen molar-refractivity contribution >= 4 is 16.9 Å². The predicted octanol–water partition coefficient (Wildman–Crippen LogP) is 2.48. The summed E-state index contributed by atoms with van der Waals surface area (Å²) in [5.41, 5.74) is 0.634. The molecule has 1 unspecified atom stereocenters. The molecule has 1 fully saturated rings. The van der Waals surface area contributed by atoms with Crippen molar-refractivity contribution in [3.05, 3.63) is 68.5 Å². The van der Waals surface area contributed by atoms with Gasteiger partial charge >= 0.3 is 5.69 Å². The van der Waals surface area contributed by atoms with Crippen LogP contribution in [0.4, 0.5) is 0 Å². The van der Waals surface area contributed by atoms with Crippen molar-refractivity contribution in [2.24, 2.45) is 0 Å². The summed E-state index contributed by atoms with van der Waals surface area (Å²) in [6.45, 7) is 3.01. The molecule has 0 radical (unpaired) electrons. The standard InChI is InChI=1S/C22H24N4O4/c1-3-9-26-19-17(20(27)24-22(26)29)12-15(13-23-19)21(28)25-10-5-8-18(25)14-6-4-7-16(11-14)30-2/h4,6-7,11-13,18H,3,5,8-10H2,1-2H3,(H,24,27,29). The Kier molecular flexibility index (Phi) is 5.39. The van der Waals surface area contributed by atoms with E-state index in [2.05, 4.69) is 9.97 Å². The van der Waals surface area contributed by atoms with E-state index in [4.69, 9.17) is 4.74 Å². The first-order chi connectivity index (χ1) is 14.5. The quantitative estimate of drug-likeness (QED) is 0.700. The Morgan fingerprint density at radius 3 is 2.90 bits per heavy atom. The lowest BCUT2D eigenvalue weighted by Gasteiger charge is -2.25. The molecule has 1 saturated heterocycles. The van der Waals surface area contributed by atoms with Gasteiger partial charge in [-0.25, -0.2) is 9.78 Å². The molecule has 0 bridgehead atoms. The molecule has 8 nitrogen and oxygen atoms in total. The van der Waals surface area contributed by atoms with E-state index in [9.17, 15) is 14.4 Å². The highest BCUT2D eigenvalue weighted by Crippen LogP contribution is 2.34. The average molecular weight is 408 g/mol. The summed E-state index contributed by atoms with van der Waals surface area (Å²) in [6.07, 6.45) is 3.93. The fourth-order valence-corrected chi connectivity index (χ4v) is 4.09. The van der Waals surface area contributed by atoms with E-state index < -0.39 is 11.2 Å². The third-order valence-electron chi connectivity index (χ3n) is 5.52. The minimum atomic E-state index is -0.532. The van der Waals surface area contributed by atoms with Gasteiger partial charge in [-0.3, -0.25) is 19.1 Å². The lowest BCUT2D eigenvalue weighted by Crippen LogP contribution is -2.33. The Bertz CT molecular complexity index is 1210. The van der Waals surface area contributed by atoms with Crippen LogP contribution in [0.25, 0.3) is 11.0 Å². The number of amides is 1. The summed E-state index contributed by atoms with van der Waals surface area (Å²) in [7, 11) is 1.62. The highest BCUT2D eigenvalue weighted by atomic mass is 16.5. The van der Waals surface area contributed by atoms with E-state index >= 15 is 0 Å². The summed E-state index contributed by atoms with van der Waals surface area (Å²) in [6, 6.07) is 9.21. The molecule has 30 heavy (non-hydrogen) atoms. The molecule has 1 amide bonds. The van der Waals surface area contributed by atoms with Crippen LogP contribution < -0.4 is 16.0 Å². The number of hydrogen-bond donors (Lipinski definition) is 1. The van der Waals surface area contributed by atoms with Crippen LogP contribution in [0.3, 0.4) is 0 Å². The first-order valence-electron chi connectivity index (χ1n) is 10.1. The number of nitrogens with one attached hydrogen (secondary N) is 1. The van der Waals surface area contributed by atoms with Gasteiger partial charge in [0.15, 0.2) is 0 Å². The van der Waals surface area contributed by atoms with Gasteiger partial charge in [-0.05, 0) is 43.0 Å². The molecule has 1 aliphatic heterocycles. The number of carbonyl (C=O) groups is 1. The van der Waals surface area contributed by atoms with Crippen molar-refractivity contribution in [1.82, 2.24) is 19.4 Å². The zero-order valence-corrected chi connectivity index (χ0v) is 17.1. The third-order valence-corrected chi connectivity index (χ3v) is 5.52. The van der Waals surface area contributed by atoms with Crippen LogP contribution in [0.15, 0.2) is 46.1 Å². The lowest BCUT2D eigenvalue weighted by molar-refractivity contribution is 0.0735. The SMILES string of the molecule is CCCn1c(=O)[nH]c(=O)c2cc(C(=O)N3CCCC3c3cccc(OC)c3)cnc21. The summed E-state index contributed by atoms with van der Waals surface area (Å²) in [5, 5.41) is 0.242. The first-order valence-corrected chi connectivity index (χ1v) is 10.1. The van der Waals surface area contributed by atoms with E-state index in [1.807, 2.05) is 36.1 Å². The molecular formula is C22H24N4O4. The van der Waals surface area contributed by atoms with E-state index in [1.165, 1.54) is 16.8 Å². The number of aryl methyl sites for hydroxylation is 1. The number of ether oxygens (including phenoxy) is 1. The number of benzene rings is 1. The van der Waals surface area contributed by atoms with Crippen molar-refractivity contribution in [2.75, 3.05) is 13.7 Å². The maximum absolute atomic E-state index is 13.3. The number of aromatic nitrogens is 3. The van der Waals surface area contributed by atoms with Crippen molar-refractivity contribution in [3.63, 3.8) is 0 Å². The average Bonchev–Trinajstić information content (AvgIpc) is 3.26. The molecule has 1 N–H and O–H groups in total. The Hall–Kier alpha value is -3.42. The molecule has 1 aromatic carbocycles. The summed E-state index contributed by atoms with van der Waals surface area (Å²) in [4.78, 5) is 46.2. The molecule has 3 heterocycles. The second-order valence-electron chi connectivity index (χ2n) is 7.44. The monoisotopic (exact) mass is 408 g/mol. The largest absolute Gasteiger partial charge is 0.497 e. The molecule has 8 heteroatoms. The van der Waals surface area contributed by atoms with Crippen LogP contribution in [0.1, 0.15) is 48.1 Å². The van der Waals surface area contributed by atoms with Crippen LogP contribution >= 0.6 is 0 Å². The Labute approximate surface area is 173 Å². The van der Waals surface area contributed by atoms with Gasteiger partial charge in [0, 0.05) is 19.3 Å². The lowest BCUT2D eigenvalue weighted by atomic mass is 10.0. The zero-order chi connectivity index (χ0) is 21.3. The number of fused-ring (bicyclic) bond motifs is 1. The van der Waals surface area contributed by atoms with Gasteiger partial charge in [0.2, 0.25) is 0 Å². The number of pyridine rings is 1. The van der Waals surface area contributed by atoms with Crippen LogP contribution in [0.2, 0.25) is 0 Å². The minimum absolute atomic E-state index is 0.0596. The van der Waals surface area contributed by atoms with Crippen molar-refractivity contribution in [1.29, 1.82) is 0 Å². The van der Waals surface area contributed by atoms with Gasteiger partial charge in [-0.15, -0.1) is 0 Å². The van der Waals surface area contributed by atoms with E-state index in [0.717, 1.165) is 30.6 Å². The zero-order valence-electron chi connectivity index (χ0n) is 17.1. The van der Waals surface area contributed by atoms with Gasteiger partial charge in [0.25, 0.3) is 11.5 Å². The normalized spacial score (nSPS) is 16.2. The molecule has 0 aliphatic carbocycles. The third kappa shape index (κ3) is 3.49. The summed E-state index contributed by atoms with van der Waals surface area (Å²) in [5.74, 6) is 0.571. The van der Waals surface area contributed by atoms with Crippen LogP contribution in [0, 0.1) is 0 Å². The second kappa shape index (κ2) is 8.14. The van der Waals surface area contributed by atoms with Gasteiger partial charge in [-0.1, -0.05) is 19.1 Å². The number of likely N-dealkylation sites (tertiary alicyclic amines) is 1. The molecule has 1 atom stereocenters. The number of methoxy groups -OCH3 is 1. The molecule has 0 saturated carbocycles. The number of carbonyl (C=O) groups excluding carboxylic acids is 1. The molecule has 4 rings (SSSR count). The maximum Gasteiger partial charge on any atom is 0.329 e. The number of hydrogen-bond acceptors (Lipinski definition) is 5. The molecule has 2 aromatic heterocycles. The van der Waals surface area contributed by atoms with Gasteiger partial charge < -0.3 is 9.64 Å². The topological polar surface area (TPSA) is 97.3 Å².